The van der Waals surface area contributed by atoms with Crippen LogP contribution in [0.15, 0.2) is 54.9 Å². The van der Waals surface area contributed by atoms with Crippen LogP contribution < -0.4 is 0 Å². The summed E-state index contributed by atoms with van der Waals surface area (Å²) >= 11 is 0. The lowest BCUT2D eigenvalue weighted by Crippen LogP contribution is -2.38. The highest BCUT2D eigenvalue weighted by Gasteiger charge is 2.33. The molecule has 0 radical (unpaired) electrons. The summed E-state index contributed by atoms with van der Waals surface area (Å²) in [6.07, 6.45) is -0.639. The van der Waals surface area contributed by atoms with Gasteiger partial charge < -0.3 is 4.74 Å². The molecule has 0 N–H and O–H groups in total. The summed E-state index contributed by atoms with van der Waals surface area (Å²) in [5, 5.41) is 4.20. The van der Waals surface area contributed by atoms with Gasteiger partial charge in [-0.1, -0.05) is 24.3 Å². The molecule has 158 valence electrons. The average molecular weight is 416 g/mol. The van der Waals surface area contributed by atoms with Crippen LogP contribution in [0.2, 0.25) is 0 Å². The fourth-order valence-corrected chi connectivity index (χ4v) is 3.76. The first kappa shape index (κ1) is 20.6. The molecule has 0 aliphatic carbocycles. The Hall–Kier alpha value is -2.71. The topological polar surface area (TPSA) is 43.2 Å². The van der Waals surface area contributed by atoms with Crippen LogP contribution in [-0.4, -0.2) is 39.4 Å². The maximum Gasteiger partial charge on any atom is 0.416 e. The second-order valence-electron chi connectivity index (χ2n) is 7.50. The zero-order valence-electron chi connectivity index (χ0n) is 16.6. The van der Waals surface area contributed by atoms with Crippen LogP contribution in [0, 0.1) is 0 Å². The van der Waals surface area contributed by atoms with E-state index in [-0.39, 0.29) is 18.1 Å². The molecule has 1 fully saturated rings. The molecule has 3 aromatic rings. The Kier molecular flexibility index (Phi) is 5.87. The van der Waals surface area contributed by atoms with Crippen molar-refractivity contribution in [3.8, 4) is 0 Å². The Bertz CT molecular complexity index is 1000. The maximum atomic E-state index is 13.3. The number of benzene rings is 1. The highest BCUT2D eigenvalue weighted by atomic mass is 19.4. The van der Waals surface area contributed by atoms with Gasteiger partial charge in [0.1, 0.15) is 6.10 Å². The summed E-state index contributed by atoms with van der Waals surface area (Å²) in [6, 6.07) is 11.1. The smallest absolute Gasteiger partial charge is 0.369 e. The van der Waals surface area contributed by atoms with E-state index < -0.39 is 11.7 Å². The molecule has 0 unspecified atom stereocenters. The maximum absolute atomic E-state index is 13.3. The normalized spacial score (nSPS) is 17.9. The minimum atomic E-state index is -4.38. The molecule has 1 aromatic carbocycles. The number of nitrogens with zero attached hydrogens (tertiary/aromatic N) is 4. The predicted octanol–water partition coefficient (Wildman–Crippen LogP) is 4.00. The first-order chi connectivity index (χ1) is 14.4. The predicted molar refractivity (Wildman–Crippen MR) is 106 cm³/mol. The number of ether oxygens (including phenoxy) is 1. The summed E-state index contributed by atoms with van der Waals surface area (Å²) in [5.74, 6) is 0. The van der Waals surface area contributed by atoms with Gasteiger partial charge in [-0.15, -0.1) is 0 Å². The van der Waals surface area contributed by atoms with E-state index >= 15 is 0 Å². The van der Waals surface area contributed by atoms with Gasteiger partial charge in [0, 0.05) is 50.6 Å². The Labute approximate surface area is 173 Å². The van der Waals surface area contributed by atoms with E-state index in [1.807, 2.05) is 31.6 Å². The summed E-state index contributed by atoms with van der Waals surface area (Å²) in [5.41, 5.74) is 2.07. The number of hydrogen-bond donors (Lipinski definition) is 0. The second-order valence-corrected chi connectivity index (χ2v) is 7.50. The largest absolute Gasteiger partial charge is 0.416 e. The zero-order valence-corrected chi connectivity index (χ0v) is 16.6. The highest BCUT2D eigenvalue weighted by molar-refractivity contribution is 5.33. The molecule has 0 saturated carbocycles. The molecular formula is C22H23F3N4O. The van der Waals surface area contributed by atoms with Crippen LogP contribution in [-0.2, 0) is 30.9 Å². The lowest BCUT2D eigenvalue weighted by molar-refractivity contribution is -0.138. The van der Waals surface area contributed by atoms with Gasteiger partial charge >= 0.3 is 6.18 Å². The van der Waals surface area contributed by atoms with E-state index in [9.17, 15) is 13.2 Å². The number of pyridine rings is 1. The lowest BCUT2D eigenvalue weighted by Gasteiger charge is -2.32. The quantitative estimate of drug-likeness (QED) is 0.631. The van der Waals surface area contributed by atoms with Crippen molar-refractivity contribution in [1.29, 1.82) is 0 Å². The fraction of sp³-hybridized carbons (Fsp3) is 0.364. The van der Waals surface area contributed by atoms with Crippen molar-refractivity contribution in [2.24, 2.45) is 7.05 Å². The van der Waals surface area contributed by atoms with Gasteiger partial charge in [-0.25, -0.2) is 0 Å². The summed E-state index contributed by atoms with van der Waals surface area (Å²) in [6.45, 7) is 2.83. The molecule has 2 aromatic heterocycles. The standard InChI is InChI=1S/C22H23F3N4O/c1-28-13-16(12-26-28)14-29-9-10-30-21(15-29)20-8-4-6-18(27-20)11-17-5-2-3-7-19(17)22(23,24)25/h2-8,12-13,21H,9-11,14-15H2,1H3/t21-/m1/s1. The molecule has 1 saturated heterocycles. The van der Waals surface area contributed by atoms with Crippen LogP contribution in [0.5, 0.6) is 0 Å². The zero-order chi connectivity index (χ0) is 21.1. The third kappa shape index (κ3) is 4.88. The number of aryl methyl sites for hydroxylation is 1. The Morgan fingerprint density at radius 1 is 1.13 bits per heavy atom. The van der Waals surface area contributed by atoms with Crippen LogP contribution in [0.1, 0.15) is 34.2 Å². The molecule has 4 rings (SSSR count). The highest BCUT2D eigenvalue weighted by Crippen LogP contribution is 2.33. The lowest BCUT2D eigenvalue weighted by atomic mass is 10.0. The van der Waals surface area contributed by atoms with Gasteiger partial charge in [0.2, 0.25) is 0 Å². The molecule has 1 aliphatic heterocycles. The van der Waals surface area contributed by atoms with Crippen molar-refractivity contribution in [1.82, 2.24) is 19.7 Å². The molecule has 1 atom stereocenters. The molecule has 0 amide bonds. The summed E-state index contributed by atoms with van der Waals surface area (Å²) in [7, 11) is 1.89. The number of aromatic nitrogens is 3. The Morgan fingerprint density at radius 2 is 1.97 bits per heavy atom. The van der Waals surface area contributed by atoms with E-state index in [4.69, 9.17) is 4.74 Å². The number of hydrogen-bond acceptors (Lipinski definition) is 4. The second kappa shape index (κ2) is 8.57. The Morgan fingerprint density at radius 3 is 2.73 bits per heavy atom. The average Bonchev–Trinajstić information content (AvgIpc) is 3.12. The minimum Gasteiger partial charge on any atom is -0.369 e. The monoisotopic (exact) mass is 416 g/mol. The van der Waals surface area contributed by atoms with E-state index in [1.54, 1.807) is 16.8 Å². The molecule has 3 heterocycles. The van der Waals surface area contributed by atoms with Gasteiger partial charge in [-0.2, -0.15) is 18.3 Å². The van der Waals surface area contributed by atoms with E-state index in [0.717, 1.165) is 30.4 Å². The minimum absolute atomic E-state index is 0.121. The van der Waals surface area contributed by atoms with Crippen molar-refractivity contribution >= 4 is 0 Å². The SMILES string of the molecule is Cn1cc(CN2CCO[C@@H](c3cccc(Cc4ccccc4C(F)(F)F)n3)C2)cn1. The molecule has 8 heteroatoms. The third-order valence-corrected chi connectivity index (χ3v) is 5.17. The van der Waals surface area contributed by atoms with Gasteiger partial charge in [-0.3, -0.25) is 14.6 Å². The van der Waals surface area contributed by atoms with Crippen molar-refractivity contribution < 1.29 is 17.9 Å². The van der Waals surface area contributed by atoms with Crippen molar-refractivity contribution in [3.63, 3.8) is 0 Å². The Balaban J connectivity index is 1.48. The fourth-order valence-electron chi connectivity index (χ4n) is 3.76. The number of rotatable bonds is 5. The molecule has 5 nitrogen and oxygen atoms in total. The van der Waals surface area contributed by atoms with Crippen LogP contribution in [0.4, 0.5) is 13.2 Å². The van der Waals surface area contributed by atoms with Crippen molar-refractivity contribution in [3.05, 3.63) is 82.9 Å². The van der Waals surface area contributed by atoms with Gasteiger partial charge in [0.25, 0.3) is 0 Å². The van der Waals surface area contributed by atoms with Crippen molar-refractivity contribution in [2.75, 3.05) is 19.7 Å². The molecule has 0 spiro atoms. The van der Waals surface area contributed by atoms with Gasteiger partial charge in [-0.05, 0) is 23.8 Å². The number of halogens is 3. The van der Waals surface area contributed by atoms with Crippen LogP contribution >= 0.6 is 0 Å². The number of alkyl halides is 3. The van der Waals surface area contributed by atoms with Crippen molar-refractivity contribution in [2.45, 2.75) is 25.2 Å². The summed E-state index contributed by atoms with van der Waals surface area (Å²) in [4.78, 5) is 6.90. The first-order valence-electron chi connectivity index (χ1n) is 9.81. The molecule has 0 bridgehead atoms. The summed E-state index contributed by atoms with van der Waals surface area (Å²) < 4.78 is 47.6. The third-order valence-electron chi connectivity index (χ3n) is 5.17. The number of morpholine rings is 1. The first-order valence-corrected chi connectivity index (χ1v) is 9.81. The van der Waals surface area contributed by atoms with Gasteiger partial charge in [0.15, 0.2) is 0 Å². The van der Waals surface area contributed by atoms with Crippen LogP contribution in [0.25, 0.3) is 0 Å². The molecule has 1 aliphatic rings. The van der Waals surface area contributed by atoms with Gasteiger partial charge in [0.05, 0.1) is 24.1 Å². The van der Waals surface area contributed by atoms with E-state index in [2.05, 4.69) is 15.0 Å². The molecular weight excluding hydrogens is 393 g/mol. The van der Waals surface area contributed by atoms with Crippen LogP contribution in [0.3, 0.4) is 0 Å². The van der Waals surface area contributed by atoms with E-state index in [0.29, 0.717) is 18.8 Å². The molecule has 30 heavy (non-hydrogen) atoms. The van der Waals surface area contributed by atoms with E-state index in [1.165, 1.54) is 12.1 Å².